The van der Waals surface area contributed by atoms with E-state index < -0.39 is 0 Å². The Labute approximate surface area is 133 Å². The van der Waals surface area contributed by atoms with Crippen LogP contribution in [0.25, 0.3) is 11.3 Å². The van der Waals surface area contributed by atoms with E-state index in [0.29, 0.717) is 22.9 Å². The number of nitrogens with zero attached hydrogens (tertiary/aromatic N) is 1. The number of amides is 1. The molecule has 0 fully saturated rings. The predicted octanol–water partition coefficient (Wildman–Crippen LogP) is 3.88. The van der Waals surface area contributed by atoms with E-state index in [4.69, 9.17) is 9.26 Å². The Hall–Kier alpha value is -3.08. The average Bonchev–Trinajstić information content (AvgIpc) is 3.03. The second-order valence-corrected chi connectivity index (χ2v) is 5.01. The van der Waals surface area contributed by atoms with Crippen molar-refractivity contribution in [2.24, 2.45) is 0 Å². The average molecular weight is 308 g/mol. The van der Waals surface area contributed by atoms with E-state index in [1.807, 2.05) is 48.5 Å². The molecule has 0 spiro atoms. The third kappa shape index (κ3) is 3.77. The smallest absolute Gasteiger partial charge is 0.221 e. The summed E-state index contributed by atoms with van der Waals surface area (Å²) in [6, 6.07) is 18.8. The van der Waals surface area contributed by atoms with Crippen LogP contribution >= 0.6 is 0 Å². The topological polar surface area (TPSA) is 64.4 Å². The molecule has 5 heteroatoms. The molecule has 0 saturated carbocycles. The molecule has 1 amide bonds. The molecule has 0 aliphatic carbocycles. The Kier molecular flexibility index (Phi) is 4.38. The van der Waals surface area contributed by atoms with Crippen molar-refractivity contribution >= 4 is 11.6 Å². The molecule has 3 aromatic rings. The Morgan fingerprint density at radius 3 is 2.65 bits per heavy atom. The van der Waals surface area contributed by atoms with Gasteiger partial charge in [0.25, 0.3) is 0 Å². The number of nitrogens with one attached hydrogen (secondary N) is 1. The number of carbonyl (C=O) groups excluding carboxylic acids is 1. The number of carbonyl (C=O) groups is 1. The van der Waals surface area contributed by atoms with Crippen LogP contribution in [0.3, 0.4) is 0 Å². The fourth-order valence-corrected chi connectivity index (χ4v) is 2.16. The minimum Gasteiger partial charge on any atom is -0.485 e. The highest BCUT2D eigenvalue weighted by atomic mass is 16.5. The van der Waals surface area contributed by atoms with Crippen molar-refractivity contribution in [1.82, 2.24) is 5.16 Å². The zero-order valence-corrected chi connectivity index (χ0v) is 12.7. The van der Waals surface area contributed by atoms with Crippen molar-refractivity contribution in [3.8, 4) is 17.1 Å². The van der Waals surface area contributed by atoms with Gasteiger partial charge in [0.15, 0.2) is 5.76 Å². The maximum absolute atomic E-state index is 11.2. The number of ether oxygens (including phenoxy) is 1. The molecule has 1 heterocycles. The second kappa shape index (κ2) is 6.79. The molecule has 5 nitrogen and oxygen atoms in total. The number of aromatic nitrogens is 1. The molecular weight excluding hydrogens is 292 g/mol. The van der Waals surface area contributed by atoms with Gasteiger partial charge in [0, 0.05) is 18.6 Å². The molecule has 0 unspecified atom stereocenters. The van der Waals surface area contributed by atoms with Crippen molar-refractivity contribution in [3.63, 3.8) is 0 Å². The van der Waals surface area contributed by atoms with Crippen LogP contribution in [0, 0.1) is 0 Å². The summed E-state index contributed by atoms with van der Waals surface area (Å²) in [6.07, 6.45) is 0. The molecule has 0 bridgehead atoms. The molecular formula is C18H16N2O3. The van der Waals surface area contributed by atoms with Gasteiger partial charge < -0.3 is 14.6 Å². The van der Waals surface area contributed by atoms with Crippen LogP contribution < -0.4 is 10.1 Å². The first kappa shape index (κ1) is 14.8. The first-order chi connectivity index (χ1) is 11.2. The lowest BCUT2D eigenvalue weighted by Crippen LogP contribution is -2.07. The highest BCUT2D eigenvalue weighted by Gasteiger charge is 2.09. The summed E-state index contributed by atoms with van der Waals surface area (Å²) < 4.78 is 11.1. The van der Waals surface area contributed by atoms with Gasteiger partial charge in [-0.05, 0) is 12.1 Å². The standard InChI is InChI=1S/C18H16N2O3/c1-13(21)19-16-9-5-6-10-17(16)22-12-15-11-18(23-20-15)14-7-3-2-4-8-14/h2-11H,12H2,1H3,(H,19,21). The SMILES string of the molecule is CC(=O)Nc1ccccc1OCc1cc(-c2ccccc2)on1. The summed E-state index contributed by atoms with van der Waals surface area (Å²) >= 11 is 0. The van der Waals surface area contributed by atoms with Crippen molar-refractivity contribution in [1.29, 1.82) is 0 Å². The zero-order chi connectivity index (χ0) is 16.1. The second-order valence-electron chi connectivity index (χ2n) is 5.01. The Balaban J connectivity index is 1.70. The monoisotopic (exact) mass is 308 g/mol. The quantitative estimate of drug-likeness (QED) is 0.777. The Morgan fingerprint density at radius 1 is 1.13 bits per heavy atom. The lowest BCUT2D eigenvalue weighted by molar-refractivity contribution is -0.114. The fourth-order valence-electron chi connectivity index (χ4n) is 2.16. The molecule has 0 atom stereocenters. The molecule has 1 aromatic heterocycles. The number of benzene rings is 2. The fraction of sp³-hybridized carbons (Fsp3) is 0.111. The molecule has 116 valence electrons. The molecule has 3 rings (SSSR count). The van der Waals surface area contributed by atoms with E-state index in [1.165, 1.54) is 6.92 Å². The maximum Gasteiger partial charge on any atom is 0.221 e. The van der Waals surface area contributed by atoms with Gasteiger partial charge in [-0.25, -0.2) is 0 Å². The lowest BCUT2D eigenvalue weighted by Gasteiger charge is -2.10. The van der Waals surface area contributed by atoms with Gasteiger partial charge in [0.2, 0.25) is 5.91 Å². The van der Waals surface area contributed by atoms with Gasteiger partial charge in [0.05, 0.1) is 5.69 Å². The third-order valence-electron chi connectivity index (χ3n) is 3.19. The van der Waals surface area contributed by atoms with Gasteiger partial charge in [-0.3, -0.25) is 4.79 Å². The third-order valence-corrected chi connectivity index (χ3v) is 3.19. The van der Waals surface area contributed by atoms with Gasteiger partial charge in [-0.1, -0.05) is 47.6 Å². The van der Waals surface area contributed by atoms with Crippen molar-refractivity contribution in [3.05, 3.63) is 66.4 Å². The molecule has 1 N–H and O–H groups in total. The minimum atomic E-state index is -0.145. The molecule has 0 radical (unpaired) electrons. The molecule has 0 aliphatic heterocycles. The van der Waals surface area contributed by atoms with Crippen LogP contribution in [0.4, 0.5) is 5.69 Å². The number of para-hydroxylation sites is 2. The molecule has 0 aliphatic rings. The molecule has 2 aromatic carbocycles. The summed E-state index contributed by atoms with van der Waals surface area (Å²) in [5, 5.41) is 6.74. The zero-order valence-electron chi connectivity index (χ0n) is 12.7. The van der Waals surface area contributed by atoms with E-state index in [9.17, 15) is 4.79 Å². The molecule has 0 saturated heterocycles. The maximum atomic E-state index is 11.2. The Morgan fingerprint density at radius 2 is 1.87 bits per heavy atom. The Bertz CT molecular complexity index is 797. The number of hydrogen-bond acceptors (Lipinski definition) is 4. The van der Waals surface area contributed by atoms with Crippen LogP contribution in [0.15, 0.2) is 65.2 Å². The van der Waals surface area contributed by atoms with E-state index in [-0.39, 0.29) is 12.5 Å². The summed E-state index contributed by atoms with van der Waals surface area (Å²) in [5.41, 5.74) is 2.28. The van der Waals surface area contributed by atoms with Crippen molar-refractivity contribution in [2.45, 2.75) is 13.5 Å². The van der Waals surface area contributed by atoms with Gasteiger partial charge in [-0.2, -0.15) is 0 Å². The lowest BCUT2D eigenvalue weighted by atomic mass is 10.2. The summed E-state index contributed by atoms with van der Waals surface area (Å²) in [5.74, 6) is 1.14. The summed E-state index contributed by atoms with van der Waals surface area (Å²) in [6.45, 7) is 1.72. The highest BCUT2D eigenvalue weighted by molar-refractivity contribution is 5.90. The highest BCUT2D eigenvalue weighted by Crippen LogP contribution is 2.25. The van der Waals surface area contributed by atoms with Gasteiger partial charge in [0.1, 0.15) is 18.1 Å². The molecule has 23 heavy (non-hydrogen) atoms. The number of rotatable bonds is 5. The van der Waals surface area contributed by atoms with Crippen LogP contribution in [0.2, 0.25) is 0 Å². The minimum absolute atomic E-state index is 0.145. The van der Waals surface area contributed by atoms with Crippen LogP contribution in [-0.2, 0) is 11.4 Å². The van der Waals surface area contributed by atoms with Crippen molar-refractivity contribution in [2.75, 3.05) is 5.32 Å². The van der Waals surface area contributed by atoms with E-state index in [1.54, 1.807) is 12.1 Å². The first-order valence-electron chi connectivity index (χ1n) is 7.23. The largest absolute Gasteiger partial charge is 0.485 e. The van der Waals surface area contributed by atoms with E-state index >= 15 is 0 Å². The van der Waals surface area contributed by atoms with Crippen molar-refractivity contribution < 1.29 is 14.1 Å². The number of hydrogen-bond donors (Lipinski definition) is 1. The van der Waals surface area contributed by atoms with Crippen LogP contribution in [-0.4, -0.2) is 11.1 Å². The van der Waals surface area contributed by atoms with Crippen LogP contribution in [0.1, 0.15) is 12.6 Å². The van der Waals surface area contributed by atoms with E-state index in [2.05, 4.69) is 10.5 Å². The summed E-state index contributed by atoms with van der Waals surface area (Å²) in [4.78, 5) is 11.2. The normalized spacial score (nSPS) is 10.3. The predicted molar refractivity (Wildman–Crippen MR) is 87.0 cm³/mol. The van der Waals surface area contributed by atoms with Gasteiger partial charge in [-0.15, -0.1) is 0 Å². The number of anilines is 1. The summed E-state index contributed by atoms with van der Waals surface area (Å²) in [7, 11) is 0. The van der Waals surface area contributed by atoms with Crippen LogP contribution in [0.5, 0.6) is 5.75 Å². The van der Waals surface area contributed by atoms with Gasteiger partial charge >= 0.3 is 0 Å². The van der Waals surface area contributed by atoms with E-state index in [0.717, 1.165) is 5.56 Å². The first-order valence-corrected chi connectivity index (χ1v) is 7.23.